The quantitative estimate of drug-likeness (QED) is 0.813. The number of amides is 1. The van der Waals surface area contributed by atoms with Gasteiger partial charge in [-0.15, -0.1) is 0 Å². The molecule has 0 aromatic heterocycles. The zero-order valence-electron chi connectivity index (χ0n) is 10.6. The van der Waals surface area contributed by atoms with Gasteiger partial charge >= 0.3 is 5.97 Å². The van der Waals surface area contributed by atoms with Crippen LogP contribution in [-0.4, -0.2) is 46.2 Å². The first-order valence-corrected chi connectivity index (χ1v) is 6.15. The van der Waals surface area contributed by atoms with Gasteiger partial charge in [0.2, 0.25) is 0 Å². The van der Waals surface area contributed by atoms with E-state index in [0.29, 0.717) is 18.5 Å². The van der Waals surface area contributed by atoms with Crippen LogP contribution in [0.15, 0.2) is 24.3 Å². The lowest BCUT2D eigenvalue weighted by molar-refractivity contribution is -0.131. The third kappa shape index (κ3) is 3.21. The Labute approximate surface area is 114 Å². The molecule has 0 spiro atoms. The number of carboxylic acid groups (broad SMARTS) is 1. The van der Waals surface area contributed by atoms with Crippen LogP contribution in [0, 0.1) is 5.82 Å². The van der Waals surface area contributed by atoms with Gasteiger partial charge in [-0.1, -0.05) is 6.07 Å². The van der Waals surface area contributed by atoms with Gasteiger partial charge in [-0.25, -0.2) is 9.18 Å². The lowest BCUT2D eigenvalue weighted by Gasteiger charge is -2.16. The van der Waals surface area contributed by atoms with Gasteiger partial charge in [-0.05, 0) is 30.2 Å². The molecule has 1 amide bonds. The van der Waals surface area contributed by atoms with E-state index in [1.807, 2.05) is 0 Å². The minimum absolute atomic E-state index is 0.0772. The number of likely N-dealkylation sites (tertiary alicyclic amines) is 1. The van der Waals surface area contributed by atoms with Gasteiger partial charge in [-0.3, -0.25) is 4.79 Å². The summed E-state index contributed by atoms with van der Waals surface area (Å²) >= 11 is 0. The molecule has 1 fully saturated rings. The van der Waals surface area contributed by atoms with Crippen molar-refractivity contribution in [2.45, 2.75) is 12.5 Å². The van der Waals surface area contributed by atoms with Gasteiger partial charge < -0.3 is 15.1 Å². The molecule has 1 aromatic carbocycles. The Hall–Kier alpha value is -2.21. The topological polar surface area (TPSA) is 77.8 Å². The highest BCUT2D eigenvalue weighted by Crippen LogP contribution is 2.17. The molecule has 0 aliphatic carbocycles. The SMILES string of the molecule is O=C(O)C=Cc1ccc(C(=O)N2CCC(O)C2)c(F)c1. The molecule has 2 N–H and O–H groups in total. The van der Waals surface area contributed by atoms with Crippen LogP contribution >= 0.6 is 0 Å². The number of aliphatic hydroxyl groups excluding tert-OH is 1. The van der Waals surface area contributed by atoms with Crippen molar-refractivity contribution in [3.8, 4) is 0 Å². The van der Waals surface area contributed by atoms with Crippen LogP contribution < -0.4 is 0 Å². The van der Waals surface area contributed by atoms with E-state index in [9.17, 15) is 19.1 Å². The highest BCUT2D eigenvalue weighted by atomic mass is 19.1. The number of nitrogens with zero attached hydrogens (tertiary/aromatic N) is 1. The molecule has 6 heteroatoms. The van der Waals surface area contributed by atoms with Crippen LogP contribution in [0.3, 0.4) is 0 Å². The predicted molar refractivity (Wildman–Crippen MR) is 69.6 cm³/mol. The van der Waals surface area contributed by atoms with E-state index in [2.05, 4.69) is 0 Å². The van der Waals surface area contributed by atoms with Gasteiger partial charge in [-0.2, -0.15) is 0 Å². The molecule has 1 aromatic rings. The van der Waals surface area contributed by atoms with Crippen molar-refractivity contribution in [2.24, 2.45) is 0 Å². The second-order valence-electron chi connectivity index (χ2n) is 4.60. The number of hydrogen-bond donors (Lipinski definition) is 2. The van der Waals surface area contributed by atoms with Crippen LogP contribution in [0.2, 0.25) is 0 Å². The Morgan fingerprint density at radius 3 is 2.70 bits per heavy atom. The monoisotopic (exact) mass is 279 g/mol. The molecule has 106 valence electrons. The first-order valence-electron chi connectivity index (χ1n) is 6.15. The molecule has 1 heterocycles. The van der Waals surface area contributed by atoms with Gasteiger partial charge in [0.15, 0.2) is 0 Å². The number of hydrogen-bond acceptors (Lipinski definition) is 3. The number of aliphatic carboxylic acids is 1. The first kappa shape index (κ1) is 14.2. The van der Waals surface area contributed by atoms with E-state index >= 15 is 0 Å². The van der Waals surface area contributed by atoms with Gasteiger partial charge in [0.25, 0.3) is 5.91 Å². The number of halogens is 1. The van der Waals surface area contributed by atoms with Gasteiger partial charge in [0, 0.05) is 19.2 Å². The smallest absolute Gasteiger partial charge is 0.328 e. The van der Waals surface area contributed by atoms with E-state index in [1.54, 1.807) is 0 Å². The number of benzene rings is 1. The number of carbonyl (C=O) groups excluding carboxylic acids is 1. The Bertz CT molecular complexity index is 570. The van der Waals surface area contributed by atoms with Crippen molar-refractivity contribution in [1.82, 2.24) is 4.90 Å². The molecule has 1 aliphatic rings. The Morgan fingerprint density at radius 1 is 1.40 bits per heavy atom. The fourth-order valence-electron chi connectivity index (χ4n) is 2.07. The largest absolute Gasteiger partial charge is 0.478 e. The summed E-state index contributed by atoms with van der Waals surface area (Å²) in [6.45, 7) is 0.610. The third-order valence-corrected chi connectivity index (χ3v) is 3.09. The number of rotatable bonds is 3. The molecule has 0 bridgehead atoms. The summed E-state index contributed by atoms with van der Waals surface area (Å²) in [5, 5.41) is 17.9. The molecule has 20 heavy (non-hydrogen) atoms. The molecule has 0 saturated carbocycles. The fourth-order valence-corrected chi connectivity index (χ4v) is 2.07. The molecule has 1 atom stereocenters. The molecule has 2 rings (SSSR count). The van der Waals surface area contributed by atoms with Crippen LogP contribution in [0.5, 0.6) is 0 Å². The maximum absolute atomic E-state index is 13.9. The lowest BCUT2D eigenvalue weighted by Crippen LogP contribution is -2.30. The average Bonchev–Trinajstić information content (AvgIpc) is 2.82. The lowest BCUT2D eigenvalue weighted by atomic mass is 10.1. The van der Waals surface area contributed by atoms with Crippen LogP contribution in [-0.2, 0) is 4.79 Å². The summed E-state index contributed by atoms with van der Waals surface area (Å²) in [5.74, 6) is -2.30. The molecule has 1 aliphatic heterocycles. The third-order valence-electron chi connectivity index (χ3n) is 3.09. The van der Waals surface area contributed by atoms with Gasteiger partial charge in [0.1, 0.15) is 5.82 Å². The van der Waals surface area contributed by atoms with Crippen molar-refractivity contribution in [3.63, 3.8) is 0 Å². The maximum atomic E-state index is 13.9. The fraction of sp³-hybridized carbons (Fsp3) is 0.286. The summed E-state index contributed by atoms with van der Waals surface area (Å²) < 4.78 is 13.9. The average molecular weight is 279 g/mol. The zero-order chi connectivity index (χ0) is 14.7. The summed E-state index contributed by atoms with van der Waals surface area (Å²) in [4.78, 5) is 23.8. The van der Waals surface area contributed by atoms with E-state index < -0.39 is 23.8 Å². The Morgan fingerprint density at radius 2 is 2.15 bits per heavy atom. The second kappa shape index (κ2) is 5.83. The molecular weight excluding hydrogens is 265 g/mol. The highest BCUT2D eigenvalue weighted by Gasteiger charge is 2.26. The van der Waals surface area contributed by atoms with Crippen LogP contribution in [0.1, 0.15) is 22.3 Å². The Balaban J connectivity index is 2.17. The molecule has 1 unspecified atom stereocenters. The number of aliphatic hydroxyl groups is 1. The number of β-amino-alcohol motifs (C(OH)–C–C–N with tert-alkyl or cyclic N) is 1. The minimum Gasteiger partial charge on any atom is -0.478 e. The molecule has 0 radical (unpaired) electrons. The van der Waals surface area contributed by atoms with E-state index in [4.69, 9.17) is 5.11 Å². The van der Waals surface area contributed by atoms with Crippen molar-refractivity contribution in [3.05, 3.63) is 41.2 Å². The summed E-state index contributed by atoms with van der Waals surface area (Å²) in [5.41, 5.74) is 0.287. The standard InChI is InChI=1S/C14H14FNO4/c15-12-7-9(2-4-13(18)19)1-3-11(12)14(20)16-6-5-10(17)8-16/h1-4,7,10,17H,5-6,8H2,(H,18,19). The normalized spacial score (nSPS) is 18.7. The maximum Gasteiger partial charge on any atom is 0.328 e. The Kier molecular flexibility index (Phi) is 4.14. The van der Waals surface area contributed by atoms with Crippen LogP contribution in [0.4, 0.5) is 4.39 Å². The second-order valence-corrected chi connectivity index (χ2v) is 4.60. The van der Waals surface area contributed by atoms with E-state index in [0.717, 1.165) is 12.1 Å². The van der Waals surface area contributed by atoms with Crippen molar-refractivity contribution in [1.29, 1.82) is 0 Å². The van der Waals surface area contributed by atoms with Crippen molar-refractivity contribution < 1.29 is 24.2 Å². The van der Waals surface area contributed by atoms with Crippen molar-refractivity contribution in [2.75, 3.05) is 13.1 Å². The van der Waals surface area contributed by atoms with Crippen molar-refractivity contribution >= 4 is 18.0 Å². The summed E-state index contributed by atoms with van der Waals surface area (Å²) in [6, 6.07) is 3.91. The molecule has 1 saturated heterocycles. The minimum atomic E-state index is -1.13. The number of carbonyl (C=O) groups is 2. The first-order chi connectivity index (χ1) is 9.47. The molecule has 5 nitrogen and oxygen atoms in total. The highest BCUT2D eigenvalue weighted by molar-refractivity contribution is 5.95. The molecular formula is C14H14FNO4. The van der Waals surface area contributed by atoms with Crippen LogP contribution in [0.25, 0.3) is 6.08 Å². The number of carboxylic acids is 1. The van der Waals surface area contributed by atoms with Gasteiger partial charge in [0.05, 0.1) is 11.7 Å². The van der Waals surface area contributed by atoms with E-state index in [-0.39, 0.29) is 12.1 Å². The summed E-state index contributed by atoms with van der Waals surface area (Å²) in [7, 11) is 0. The summed E-state index contributed by atoms with van der Waals surface area (Å²) in [6.07, 6.45) is 2.08. The van der Waals surface area contributed by atoms with E-state index in [1.165, 1.54) is 23.1 Å². The predicted octanol–water partition coefficient (Wildman–Crippen LogP) is 1.13. The zero-order valence-corrected chi connectivity index (χ0v) is 10.6.